The van der Waals surface area contributed by atoms with Gasteiger partial charge in [-0.1, -0.05) is 17.7 Å². The summed E-state index contributed by atoms with van der Waals surface area (Å²) in [6.07, 6.45) is 3.76. The molecule has 0 spiro atoms. The standard InChI is InChI=1S/C23H24O4/c1-5-25-18-8-6-17(7-9-18)13-21-23(24)22-16(4)12-19(14-20(22)27-21)26-11-10-15(2)3/h6-10,12-14H,5,11H2,1-4H3/b21-13-. The number of ether oxygens (including phenoxy) is 3. The molecular formula is C23H24O4. The fourth-order valence-corrected chi connectivity index (χ4v) is 2.84. The Hall–Kier alpha value is -3.01. The van der Waals surface area contributed by atoms with Crippen molar-refractivity contribution in [1.82, 2.24) is 0 Å². The molecule has 1 aliphatic rings. The van der Waals surface area contributed by atoms with Gasteiger partial charge >= 0.3 is 0 Å². The number of fused-ring (bicyclic) bond motifs is 1. The molecule has 27 heavy (non-hydrogen) atoms. The quantitative estimate of drug-likeness (QED) is 0.512. The number of carbonyl (C=O) groups excluding carboxylic acids is 1. The lowest BCUT2D eigenvalue weighted by atomic mass is 10.0. The number of hydrogen-bond donors (Lipinski definition) is 0. The highest BCUT2D eigenvalue weighted by molar-refractivity contribution is 6.15. The second kappa shape index (κ2) is 8.12. The maximum Gasteiger partial charge on any atom is 0.232 e. The highest BCUT2D eigenvalue weighted by atomic mass is 16.5. The van der Waals surface area contributed by atoms with Crippen molar-refractivity contribution < 1.29 is 19.0 Å². The van der Waals surface area contributed by atoms with Crippen molar-refractivity contribution in [1.29, 1.82) is 0 Å². The van der Waals surface area contributed by atoms with E-state index in [1.165, 1.54) is 5.57 Å². The van der Waals surface area contributed by atoms with Gasteiger partial charge in [0.25, 0.3) is 0 Å². The summed E-state index contributed by atoms with van der Waals surface area (Å²) in [6, 6.07) is 11.2. The summed E-state index contributed by atoms with van der Waals surface area (Å²) >= 11 is 0. The van der Waals surface area contributed by atoms with E-state index in [0.29, 0.717) is 36.0 Å². The maximum atomic E-state index is 12.7. The zero-order valence-electron chi connectivity index (χ0n) is 16.2. The van der Waals surface area contributed by atoms with E-state index in [4.69, 9.17) is 14.2 Å². The fraction of sp³-hybridized carbons (Fsp3) is 0.261. The second-order valence-corrected chi connectivity index (χ2v) is 6.65. The van der Waals surface area contributed by atoms with E-state index in [9.17, 15) is 4.79 Å². The number of benzene rings is 2. The predicted octanol–water partition coefficient (Wildman–Crippen LogP) is 5.35. The molecule has 2 aromatic rings. The average Bonchev–Trinajstić information content (AvgIpc) is 2.92. The molecule has 1 heterocycles. The first-order valence-corrected chi connectivity index (χ1v) is 9.06. The molecule has 0 unspecified atom stereocenters. The SMILES string of the molecule is CCOc1ccc(/C=C2\Oc3cc(OCC=C(C)C)cc(C)c3C2=O)cc1. The lowest BCUT2D eigenvalue weighted by Gasteiger charge is -2.07. The third-order valence-electron chi connectivity index (χ3n) is 4.17. The van der Waals surface area contributed by atoms with Gasteiger partial charge in [-0.2, -0.15) is 0 Å². The van der Waals surface area contributed by atoms with Crippen molar-refractivity contribution in [3.63, 3.8) is 0 Å². The van der Waals surface area contributed by atoms with Crippen LogP contribution in [0.15, 0.2) is 53.8 Å². The number of aryl methyl sites for hydroxylation is 1. The maximum absolute atomic E-state index is 12.7. The van der Waals surface area contributed by atoms with E-state index in [1.807, 2.05) is 64.1 Å². The zero-order valence-corrected chi connectivity index (χ0v) is 16.2. The first-order chi connectivity index (χ1) is 13.0. The van der Waals surface area contributed by atoms with E-state index >= 15 is 0 Å². The molecule has 0 bridgehead atoms. The summed E-state index contributed by atoms with van der Waals surface area (Å²) in [7, 11) is 0. The Morgan fingerprint density at radius 2 is 1.81 bits per heavy atom. The van der Waals surface area contributed by atoms with Crippen LogP contribution in [-0.4, -0.2) is 19.0 Å². The van der Waals surface area contributed by atoms with Crippen LogP contribution in [0, 0.1) is 6.92 Å². The number of hydrogen-bond acceptors (Lipinski definition) is 4. The Bertz CT molecular complexity index is 901. The van der Waals surface area contributed by atoms with Crippen molar-refractivity contribution in [2.45, 2.75) is 27.7 Å². The second-order valence-electron chi connectivity index (χ2n) is 6.65. The van der Waals surface area contributed by atoms with Crippen molar-refractivity contribution in [3.05, 3.63) is 70.5 Å². The number of ketones is 1. The van der Waals surface area contributed by atoms with Gasteiger partial charge in [0.05, 0.1) is 12.2 Å². The van der Waals surface area contributed by atoms with Crippen LogP contribution in [0.5, 0.6) is 17.2 Å². The normalized spacial score (nSPS) is 13.9. The third-order valence-corrected chi connectivity index (χ3v) is 4.17. The number of carbonyl (C=O) groups is 1. The first-order valence-electron chi connectivity index (χ1n) is 9.06. The Labute approximate surface area is 160 Å². The number of rotatable bonds is 6. The number of allylic oxidation sites excluding steroid dienone is 2. The summed E-state index contributed by atoms with van der Waals surface area (Å²) < 4.78 is 17.0. The molecule has 2 aromatic carbocycles. The van der Waals surface area contributed by atoms with Gasteiger partial charge in [-0.3, -0.25) is 4.79 Å². The van der Waals surface area contributed by atoms with Gasteiger partial charge in [-0.15, -0.1) is 0 Å². The molecule has 0 fully saturated rings. The van der Waals surface area contributed by atoms with E-state index in [1.54, 1.807) is 12.1 Å². The van der Waals surface area contributed by atoms with Crippen LogP contribution in [-0.2, 0) is 0 Å². The molecular weight excluding hydrogens is 340 g/mol. The summed E-state index contributed by atoms with van der Waals surface area (Å²) in [5.41, 5.74) is 3.52. The van der Waals surface area contributed by atoms with E-state index < -0.39 is 0 Å². The molecule has 0 aromatic heterocycles. The topological polar surface area (TPSA) is 44.8 Å². The molecule has 0 radical (unpaired) electrons. The van der Waals surface area contributed by atoms with Crippen molar-refractivity contribution in [3.8, 4) is 17.2 Å². The van der Waals surface area contributed by atoms with E-state index in [2.05, 4.69) is 0 Å². The molecule has 0 atom stereocenters. The summed E-state index contributed by atoms with van der Waals surface area (Å²) in [6.45, 7) is 9.00. The molecule has 1 aliphatic heterocycles. The van der Waals surface area contributed by atoms with E-state index in [-0.39, 0.29) is 5.78 Å². The van der Waals surface area contributed by atoms with Crippen LogP contribution >= 0.6 is 0 Å². The molecule has 0 amide bonds. The van der Waals surface area contributed by atoms with Crippen LogP contribution in [0.3, 0.4) is 0 Å². The van der Waals surface area contributed by atoms with Gasteiger partial charge in [0.1, 0.15) is 23.9 Å². The highest BCUT2D eigenvalue weighted by Crippen LogP contribution is 2.37. The summed E-state index contributed by atoms with van der Waals surface area (Å²) in [5, 5.41) is 0. The minimum absolute atomic E-state index is 0.104. The smallest absolute Gasteiger partial charge is 0.232 e. The van der Waals surface area contributed by atoms with Crippen LogP contribution in [0.2, 0.25) is 0 Å². The molecule has 0 saturated heterocycles. The summed E-state index contributed by atoms with van der Waals surface area (Å²) in [5.74, 6) is 2.25. The van der Waals surface area contributed by atoms with Gasteiger partial charge < -0.3 is 14.2 Å². The Morgan fingerprint density at radius 3 is 2.48 bits per heavy atom. The Balaban J connectivity index is 1.81. The van der Waals surface area contributed by atoms with Gasteiger partial charge in [-0.25, -0.2) is 0 Å². The van der Waals surface area contributed by atoms with Crippen molar-refractivity contribution in [2.24, 2.45) is 0 Å². The molecule has 0 aliphatic carbocycles. The van der Waals surface area contributed by atoms with Gasteiger partial charge in [-0.05, 0) is 69.2 Å². The summed E-state index contributed by atoms with van der Waals surface area (Å²) in [4.78, 5) is 12.7. The van der Waals surface area contributed by atoms with Gasteiger partial charge in [0.2, 0.25) is 5.78 Å². The zero-order chi connectivity index (χ0) is 19.4. The predicted molar refractivity (Wildman–Crippen MR) is 107 cm³/mol. The Morgan fingerprint density at radius 1 is 1.07 bits per heavy atom. The van der Waals surface area contributed by atoms with Crippen LogP contribution < -0.4 is 14.2 Å². The lowest BCUT2D eigenvalue weighted by Crippen LogP contribution is -2.00. The molecule has 4 heteroatoms. The lowest BCUT2D eigenvalue weighted by molar-refractivity contribution is 0.101. The highest BCUT2D eigenvalue weighted by Gasteiger charge is 2.29. The fourth-order valence-electron chi connectivity index (χ4n) is 2.84. The van der Waals surface area contributed by atoms with Crippen LogP contribution in [0.1, 0.15) is 42.3 Å². The van der Waals surface area contributed by atoms with E-state index in [0.717, 1.165) is 16.9 Å². The molecule has 0 saturated carbocycles. The van der Waals surface area contributed by atoms with Crippen LogP contribution in [0.4, 0.5) is 0 Å². The largest absolute Gasteiger partial charge is 0.494 e. The van der Waals surface area contributed by atoms with Crippen molar-refractivity contribution in [2.75, 3.05) is 13.2 Å². The minimum atomic E-state index is -0.104. The Kier molecular flexibility index (Phi) is 5.65. The number of Topliss-reactive ketones (excluding diaryl/α,β-unsaturated/α-hetero) is 1. The third kappa shape index (κ3) is 4.40. The molecule has 4 nitrogen and oxygen atoms in total. The van der Waals surface area contributed by atoms with Crippen molar-refractivity contribution >= 4 is 11.9 Å². The molecule has 0 N–H and O–H groups in total. The average molecular weight is 364 g/mol. The first kappa shape index (κ1) is 18.8. The molecule has 140 valence electrons. The minimum Gasteiger partial charge on any atom is -0.494 e. The van der Waals surface area contributed by atoms with Gasteiger partial charge in [0, 0.05) is 6.07 Å². The molecule has 3 rings (SSSR count). The monoisotopic (exact) mass is 364 g/mol. The van der Waals surface area contributed by atoms with Gasteiger partial charge in [0.15, 0.2) is 5.76 Å². The van der Waals surface area contributed by atoms with Crippen LogP contribution in [0.25, 0.3) is 6.08 Å².